The van der Waals surface area contributed by atoms with Gasteiger partial charge in [0.25, 0.3) is 0 Å². The van der Waals surface area contributed by atoms with Gasteiger partial charge >= 0.3 is 0 Å². The lowest BCUT2D eigenvalue weighted by Crippen LogP contribution is -2.48. The van der Waals surface area contributed by atoms with Crippen LogP contribution in [-0.4, -0.2) is 43.5 Å². The topological polar surface area (TPSA) is 58.4 Å². The first-order valence-electron chi connectivity index (χ1n) is 6.72. The molecule has 4 nitrogen and oxygen atoms in total. The van der Waals surface area contributed by atoms with Crippen molar-refractivity contribution < 1.29 is 4.79 Å². The zero-order valence-electron chi connectivity index (χ0n) is 12.2. The minimum absolute atomic E-state index is 0. The summed E-state index contributed by atoms with van der Waals surface area (Å²) >= 11 is 0. The highest BCUT2D eigenvalue weighted by atomic mass is 35.5. The van der Waals surface area contributed by atoms with Gasteiger partial charge in [-0.2, -0.15) is 0 Å². The second kappa shape index (κ2) is 10.7. The van der Waals surface area contributed by atoms with Gasteiger partial charge in [-0.25, -0.2) is 0 Å². The quantitative estimate of drug-likeness (QED) is 0.813. The van der Waals surface area contributed by atoms with Gasteiger partial charge in [0.2, 0.25) is 5.91 Å². The van der Waals surface area contributed by atoms with Crippen LogP contribution in [0.3, 0.4) is 0 Å². The third kappa shape index (κ3) is 7.35. The fourth-order valence-electron chi connectivity index (χ4n) is 2.66. The minimum atomic E-state index is -0.413. The number of hydrogen-bond donors (Lipinski definition) is 2. The summed E-state index contributed by atoms with van der Waals surface area (Å²) in [4.78, 5) is 13.7. The number of carbonyl (C=O) groups excluding carboxylic acids is 1. The fraction of sp³-hybridized carbons (Fsp3) is 0.923. The molecule has 0 bridgehead atoms. The van der Waals surface area contributed by atoms with Gasteiger partial charge in [0.1, 0.15) is 0 Å². The van der Waals surface area contributed by atoms with Crippen LogP contribution in [-0.2, 0) is 4.79 Å². The van der Waals surface area contributed by atoms with Crippen molar-refractivity contribution >= 4 is 30.7 Å². The van der Waals surface area contributed by atoms with Gasteiger partial charge in [-0.3, -0.25) is 4.79 Å². The van der Waals surface area contributed by atoms with E-state index in [1.165, 1.54) is 32.1 Å². The molecule has 19 heavy (non-hydrogen) atoms. The maximum atomic E-state index is 11.5. The van der Waals surface area contributed by atoms with Crippen LogP contribution in [0.2, 0.25) is 0 Å². The second-order valence-electron chi connectivity index (χ2n) is 5.46. The van der Waals surface area contributed by atoms with E-state index in [9.17, 15) is 4.79 Å². The van der Waals surface area contributed by atoms with E-state index >= 15 is 0 Å². The van der Waals surface area contributed by atoms with Crippen molar-refractivity contribution in [1.29, 1.82) is 0 Å². The fourth-order valence-corrected chi connectivity index (χ4v) is 2.66. The van der Waals surface area contributed by atoms with Gasteiger partial charge in [0.15, 0.2) is 0 Å². The van der Waals surface area contributed by atoms with Crippen molar-refractivity contribution in [1.82, 2.24) is 10.2 Å². The molecule has 6 heteroatoms. The van der Waals surface area contributed by atoms with Crippen LogP contribution in [0.15, 0.2) is 0 Å². The van der Waals surface area contributed by atoms with Crippen LogP contribution in [0.5, 0.6) is 0 Å². The molecule has 1 aliphatic carbocycles. The molecule has 2 atom stereocenters. The first-order chi connectivity index (χ1) is 8.02. The highest BCUT2D eigenvalue weighted by molar-refractivity contribution is 5.85. The third-order valence-corrected chi connectivity index (χ3v) is 3.76. The Morgan fingerprint density at radius 3 is 2.21 bits per heavy atom. The molecule has 1 fully saturated rings. The summed E-state index contributed by atoms with van der Waals surface area (Å²) < 4.78 is 0. The van der Waals surface area contributed by atoms with Crippen LogP contribution in [0, 0.1) is 5.92 Å². The number of nitrogens with two attached hydrogens (primary N) is 1. The minimum Gasteiger partial charge on any atom is -0.353 e. The molecule has 0 saturated heterocycles. The number of carbonyl (C=O) groups is 1. The number of halogens is 2. The average molecular weight is 314 g/mol. The third-order valence-electron chi connectivity index (χ3n) is 3.76. The maximum Gasteiger partial charge on any atom is 0.236 e. The normalized spacial score (nSPS) is 19.0. The Morgan fingerprint density at radius 2 is 1.79 bits per heavy atom. The van der Waals surface area contributed by atoms with Crippen molar-refractivity contribution in [2.24, 2.45) is 11.7 Å². The Morgan fingerprint density at radius 1 is 1.26 bits per heavy atom. The zero-order valence-corrected chi connectivity index (χ0v) is 13.9. The number of nitrogens with zero attached hydrogens (tertiary/aromatic N) is 1. The zero-order chi connectivity index (χ0) is 12.8. The summed E-state index contributed by atoms with van der Waals surface area (Å²) in [5.74, 6) is 0.666. The highest BCUT2D eigenvalue weighted by Crippen LogP contribution is 2.27. The van der Waals surface area contributed by atoms with E-state index in [0.717, 1.165) is 6.54 Å². The SMILES string of the molecule is CC(N)C(=O)NCC(C1CCCCC1)N(C)C.Cl.Cl. The molecule has 0 aliphatic heterocycles. The molecular formula is C13H29Cl2N3O. The summed E-state index contributed by atoms with van der Waals surface area (Å²) in [7, 11) is 4.19. The molecule has 116 valence electrons. The number of likely N-dealkylation sites (N-methyl/N-ethyl adjacent to an activating group) is 1. The molecule has 1 amide bonds. The molecule has 0 heterocycles. The van der Waals surface area contributed by atoms with Gasteiger partial charge in [-0.05, 0) is 39.8 Å². The number of nitrogens with one attached hydrogen (secondary N) is 1. The van der Waals surface area contributed by atoms with E-state index in [2.05, 4.69) is 24.3 Å². The van der Waals surface area contributed by atoms with Gasteiger partial charge < -0.3 is 16.0 Å². The number of hydrogen-bond acceptors (Lipinski definition) is 3. The summed E-state index contributed by atoms with van der Waals surface area (Å²) in [5.41, 5.74) is 5.55. The summed E-state index contributed by atoms with van der Waals surface area (Å²) in [5, 5.41) is 2.96. The van der Waals surface area contributed by atoms with Crippen molar-refractivity contribution in [2.75, 3.05) is 20.6 Å². The van der Waals surface area contributed by atoms with E-state index in [-0.39, 0.29) is 30.7 Å². The van der Waals surface area contributed by atoms with Crippen molar-refractivity contribution in [3.8, 4) is 0 Å². The summed E-state index contributed by atoms with van der Waals surface area (Å²) in [6.45, 7) is 2.44. The smallest absolute Gasteiger partial charge is 0.236 e. The molecule has 0 aromatic rings. The second-order valence-corrected chi connectivity index (χ2v) is 5.46. The molecule has 0 radical (unpaired) electrons. The molecule has 1 aliphatic rings. The number of rotatable bonds is 5. The van der Waals surface area contributed by atoms with E-state index in [1.54, 1.807) is 6.92 Å². The van der Waals surface area contributed by atoms with Gasteiger partial charge in [0, 0.05) is 12.6 Å². The predicted molar refractivity (Wildman–Crippen MR) is 85.2 cm³/mol. The first-order valence-corrected chi connectivity index (χ1v) is 6.72. The Balaban J connectivity index is 0. The van der Waals surface area contributed by atoms with Crippen LogP contribution < -0.4 is 11.1 Å². The molecule has 1 saturated carbocycles. The van der Waals surface area contributed by atoms with Crippen LogP contribution in [0.1, 0.15) is 39.0 Å². The molecule has 2 unspecified atom stereocenters. The van der Waals surface area contributed by atoms with E-state index in [4.69, 9.17) is 5.73 Å². The largest absolute Gasteiger partial charge is 0.353 e. The maximum absolute atomic E-state index is 11.5. The Kier molecular flexibility index (Phi) is 12.0. The molecule has 3 N–H and O–H groups in total. The molecule has 0 aromatic heterocycles. The highest BCUT2D eigenvalue weighted by Gasteiger charge is 2.25. The molecule has 0 spiro atoms. The summed E-state index contributed by atoms with van der Waals surface area (Å²) in [6, 6.07) is 0.0298. The van der Waals surface area contributed by atoms with Crippen molar-refractivity contribution in [3.63, 3.8) is 0 Å². The van der Waals surface area contributed by atoms with E-state index in [1.807, 2.05) is 0 Å². The molecule has 1 rings (SSSR count). The van der Waals surface area contributed by atoms with Gasteiger partial charge in [-0.1, -0.05) is 19.3 Å². The van der Waals surface area contributed by atoms with Crippen LogP contribution in [0.4, 0.5) is 0 Å². The number of amides is 1. The average Bonchev–Trinajstić information content (AvgIpc) is 2.29. The molecule has 0 aromatic carbocycles. The molecular weight excluding hydrogens is 285 g/mol. The van der Waals surface area contributed by atoms with Gasteiger partial charge in [0.05, 0.1) is 6.04 Å². The van der Waals surface area contributed by atoms with Crippen molar-refractivity contribution in [2.45, 2.75) is 51.1 Å². The first kappa shape index (κ1) is 21.3. The standard InChI is InChI=1S/C13H27N3O.2ClH/c1-10(14)13(17)15-9-12(16(2)3)11-7-5-4-6-8-11;;/h10-12H,4-9,14H2,1-3H3,(H,15,17);2*1H. The lowest BCUT2D eigenvalue weighted by Gasteiger charge is -2.35. The Hall–Kier alpha value is -0.0300. The Labute approximate surface area is 129 Å². The van der Waals surface area contributed by atoms with E-state index < -0.39 is 6.04 Å². The predicted octanol–water partition coefficient (Wildman–Crippen LogP) is 1.80. The van der Waals surface area contributed by atoms with Crippen LogP contribution >= 0.6 is 24.8 Å². The van der Waals surface area contributed by atoms with E-state index in [0.29, 0.717) is 12.0 Å². The van der Waals surface area contributed by atoms with Crippen LogP contribution in [0.25, 0.3) is 0 Å². The lowest BCUT2D eigenvalue weighted by atomic mass is 9.83. The van der Waals surface area contributed by atoms with Crippen molar-refractivity contribution in [3.05, 3.63) is 0 Å². The summed E-state index contributed by atoms with van der Waals surface area (Å²) in [6.07, 6.45) is 6.60. The Bertz CT molecular complexity index is 244. The lowest BCUT2D eigenvalue weighted by molar-refractivity contribution is -0.122. The van der Waals surface area contributed by atoms with Gasteiger partial charge in [-0.15, -0.1) is 24.8 Å². The monoisotopic (exact) mass is 313 g/mol.